The topological polar surface area (TPSA) is 224 Å². The Bertz CT molecular complexity index is 1220. The van der Waals surface area contributed by atoms with Crippen LogP contribution in [0.1, 0.15) is 13.3 Å². The Balaban J connectivity index is 1.51. The van der Waals surface area contributed by atoms with Crippen LogP contribution >= 0.6 is 15.2 Å². The van der Waals surface area contributed by atoms with Gasteiger partial charge in [-0.3, -0.25) is 28.4 Å². The van der Waals surface area contributed by atoms with Crippen LogP contribution in [0.25, 0.3) is 0 Å². The van der Waals surface area contributed by atoms with E-state index >= 15 is 0 Å². The molecule has 0 saturated carbocycles. The molecule has 1 aromatic rings. The molecule has 0 unspecified atom stereocenters. The van der Waals surface area contributed by atoms with Crippen LogP contribution in [-0.4, -0.2) is 106 Å². The molecule has 19 heteroatoms. The molecule has 0 radical (unpaired) electrons. The van der Waals surface area contributed by atoms with Crippen molar-refractivity contribution in [3.8, 4) is 0 Å². The lowest BCUT2D eigenvalue weighted by Crippen LogP contribution is -2.50. The number of amides is 3. The zero-order valence-electron chi connectivity index (χ0n) is 21.2. The molecule has 2 heterocycles. The first-order chi connectivity index (χ1) is 18.6. The van der Waals surface area contributed by atoms with Gasteiger partial charge in [0.1, 0.15) is 11.9 Å². The number of cyclic esters (lactones) is 1. The van der Waals surface area contributed by atoms with Crippen LogP contribution in [0.4, 0.5) is 20.6 Å². The zero-order chi connectivity index (χ0) is 29.8. The summed E-state index contributed by atoms with van der Waals surface area (Å²) in [5, 5.41) is -0.0218. The van der Waals surface area contributed by atoms with Gasteiger partial charge in [-0.25, -0.2) is 9.18 Å². The lowest BCUT2D eigenvalue weighted by molar-refractivity contribution is -0.152. The summed E-state index contributed by atoms with van der Waals surface area (Å²) in [6.07, 6.45) is -2.53. The Hall–Kier alpha value is -3.07. The molecule has 3 rings (SSSR count). The van der Waals surface area contributed by atoms with Gasteiger partial charge in [0.15, 0.2) is 12.0 Å². The lowest BCUT2D eigenvalue weighted by Gasteiger charge is -2.36. The van der Waals surface area contributed by atoms with Crippen molar-refractivity contribution >= 4 is 50.4 Å². The van der Waals surface area contributed by atoms with Crippen LogP contribution in [-0.2, 0) is 33.0 Å². The Labute approximate surface area is 227 Å². The maximum Gasteiger partial charge on any atom is 0.414 e. The number of nitrogens with one attached hydrogen (secondary N) is 1. The summed E-state index contributed by atoms with van der Waals surface area (Å²) in [4.78, 5) is 88.1. The molecule has 40 heavy (non-hydrogen) atoms. The highest BCUT2D eigenvalue weighted by molar-refractivity contribution is 7.70. The lowest BCUT2D eigenvalue weighted by atomic mass is 10.2. The minimum Gasteiger partial charge on any atom is -0.456 e. The van der Waals surface area contributed by atoms with Gasteiger partial charge in [0, 0.05) is 33.1 Å². The van der Waals surface area contributed by atoms with Crippen molar-refractivity contribution in [2.75, 3.05) is 55.7 Å². The van der Waals surface area contributed by atoms with E-state index in [2.05, 4.69) is 10.1 Å². The molecule has 2 aliphatic rings. The second-order valence-corrected chi connectivity index (χ2v) is 13.1. The minimum atomic E-state index is -5.32. The number of ether oxygens (including phenoxy) is 2. The molecule has 1 aromatic carbocycles. The molecule has 0 spiro atoms. The number of anilines is 2. The monoisotopic (exact) mass is 610 g/mol. The summed E-state index contributed by atoms with van der Waals surface area (Å²) >= 11 is 0. The fourth-order valence-electron chi connectivity index (χ4n) is 4.09. The van der Waals surface area contributed by atoms with Gasteiger partial charge in [-0.1, -0.05) is 0 Å². The summed E-state index contributed by atoms with van der Waals surface area (Å²) in [7, 11) is -10.6. The van der Waals surface area contributed by atoms with Crippen molar-refractivity contribution in [1.29, 1.82) is 0 Å². The van der Waals surface area contributed by atoms with Gasteiger partial charge in [-0.15, -0.1) is 0 Å². The maximum atomic E-state index is 15.0. The Morgan fingerprint density at radius 1 is 1.12 bits per heavy atom. The molecule has 3 amide bonds. The zero-order valence-corrected chi connectivity index (χ0v) is 23.0. The SMILES string of the molecule is CC(=O)NC[C@H]1CN(c2ccc(N3CCN(C(=O)COC(=O)CC(P(=O)(O)O)P(=O)(O)O)CC3)c(F)c2)C(=O)O1. The molecular weight excluding hydrogens is 581 g/mol. The van der Waals surface area contributed by atoms with Crippen LogP contribution < -0.4 is 15.1 Å². The normalized spacial score (nSPS) is 18.1. The molecule has 2 aliphatic heterocycles. The Kier molecular flexibility index (Phi) is 9.93. The fraction of sp³-hybridized carbons (Fsp3) is 0.524. The first kappa shape index (κ1) is 31.5. The number of carbonyl (C=O) groups is 4. The van der Waals surface area contributed by atoms with Gasteiger partial charge in [0.2, 0.25) is 5.91 Å². The van der Waals surface area contributed by atoms with E-state index in [1.165, 1.54) is 28.9 Å². The predicted molar refractivity (Wildman–Crippen MR) is 135 cm³/mol. The van der Waals surface area contributed by atoms with Crippen molar-refractivity contribution in [1.82, 2.24) is 10.2 Å². The average Bonchev–Trinajstić information content (AvgIpc) is 3.23. The molecule has 2 saturated heterocycles. The third kappa shape index (κ3) is 8.22. The van der Waals surface area contributed by atoms with Gasteiger partial charge < -0.3 is 44.2 Å². The van der Waals surface area contributed by atoms with Crippen molar-refractivity contribution in [2.45, 2.75) is 24.8 Å². The van der Waals surface area contributed by atoms with Crippen LogP contribution in [0.5, 0.6) is 0 Å². The van der Waals surface area contributed by atoms with E-state index in [0.717, 1.165) is 0 Å². The van der Waals surface area contributed by atoms with Crippen LogP contribution in [0.2, 0.25) is 0 Å². The molecule has 5 N–H and O–H groups in total. The number of hydrogen-bond acceptors (Lipinski definition) is 9. The summed E-state index contributed by atoms with van der Waals surface area (Å²) in [6.45, 7) is 1.43. The molecule has 222 valence electrons. The number of nitrogens with zero attached hydrogens (tertiary/aromatic N) is 3. The highest BCUT2D eigenvalue weighted by atomic mass is 31.2. The van der Waals surface area contributed by atoms with E-state index in [0.29, 0.717) is 0 Å². The quantitative estimate of drug-likeness (QED) is 0.167. The number of rotatable bonds is 10. The standard InChI is InChI=1S/C21H29FN4O12P2/c1-13(27)23-10-15-11-26(21(30)38-15)14-2-3-17(16(22)8-14)24-4-6-25(7-5-24)18(28)12-37-19(29)9-20(39(31,32)33)40(34,35)36/h2-3,8,15,20H,4-7,9-12H2,1H3,(H,23,27)(H2,31,32,33)(H2,34,35,36)/t15-/m0/s1. The predicted octanol–water partition coefficient (Wildman–Crippen LogP) is -0.450. The third-order valence-corrected chi connectivity index (χ3v) is 9.87. The van der Waals surface area contributed by atoms with E-state index in [1.807, 2.05) is 0 Å². The van der Waals surface area contributed by atoms with Crippen LogP contribution in [0.15, 0.2) is 18.2 Å². The second-order valence-electron chi connectivity index (χ2n) is 9.08. The number of carbonyl (C=O) groups excluding carboxylic acids is 4. The van der Waals surface area contributed by atoms with E-state index in [9.17, 15) is 32.7 Å². The second kappa shape index (κ2) is 12.6. The van der Waals surface area contributed by atoms with E-state index < -0.39 is 63.5 Å². The van der Waals surface area contributed by atoms with Gasteiger partial charge in [-0.2, -0.15) is 0 Å². The average molecular weight is 610 g/mol. The molecule has 0 bridgehead atoms. The molecule has 1 atom stereocenters. The van der Waals surface area contributed by atoms with Gasteiger partial charge in [0.25, 0.3) is 5.91 Å². The summed E-state index contributed by atoms with van der Waals surface area (Å²) in [6, 6.07) is 4.20. The highest BCUT2D eigenvalue weighted by Crippen LogP contribution is 2.61. The Morgan fingerprint density at radius 3 is 2.30 bits per heavy atom. The van der Waals surface area contributed by atoms with Crippen molar-refractivity contribution in [3.05, 3.63) is 24.0 Å². The minimum absolute atomic E-state index is 0.119. The Morgan fingerprint density at radius 2 is 1.75 bits per heavy atom. The highest BCUT2D eigenvalue weighted by Gasteiger charge is 2.45. The number of benzene rings is 1. The van der Waals surface area contributed by atoms with E-state index in [1.54, 1.807) is 11.0 Å². The van der Waals surface area contributed by atoms with E-state index in [4.69, 9.17) is 24.3 Å². The van der Waals surface area contributed by atoms with Gasteiger partial charge in [0.05, 0.1) is 30.9 Å². The number of esters is 1. The van der Waals surface area contributed by atoms with Gasteiger partial charge >= 0.3 is 27.3 Å². The smallest absolute Gasteiger partial charge is 0.414 e. The molecule has 0 aromatic heterocycles. The van der Waals surface area contributed by atoms with Crippen molar-refractivity contribution in [3.63, 3.8) is 0 Å². The van der Waals surface area contributed by atoms with Crippen molar-refractivity contribution in [2.24, 2.45) is 0 Å². The molecule has 16 nitrogen and oxygen atoms in total. The van der Waals surface area contributed by atoms with Crippen LogP contribution in [0, 0.1) is 5.82 Å². The van der Waals surface area contributed by atoms with Crippen LogP contribution in [0.3, 0.4) is 0 Å². The summed E-state index contributed by atoms with van der Waals surface area (Å²) in [5.74, 6) is -2.92. The number of halogens is 1. The fourth-order valence-corrected chi connectivity index (χ4v) is 6.43. The largest absolute Gasteiger partial charge is 0.456 e. The molecule has 2 fully saturated rings. The molecular formula is C21H29FN4O12P2. The van der Waals surface area contributed by atoms with Gasteiger partial charge in [-0.05, 0) is 18.2 Å². The maximum absolute atomic E-state index is 15.0. The van der Waals surface area contributed by atoms with E-state index in [-0.39, 0.29) is 56.6 Å². The third-order valence-electron chi connectivity index (χ3n) is 6.15. The first-order valence-electron chi connectivity index (χ1n) is 11.9. The summed E-state index contributed by atoms with van der Waals surface area (Å²) < 4.78 is 47.4. The number of hydrogen-bond donors (Lipinski definition) is 5. The van der Waals surface area contributed by atoms with Crippen molar-refractivity contribution < 1.29 is 61.7 Å². The summed E-state index contributed by atoms with van der Waals surface area (Å²) in [5.41, 5.74) is 0.498. The first-order valence-corrected chi connectivity index (χ1v) is 15.2. The molecule has 0 aliphatic carbocycles. The number of piperazine rings is 1.